The molecule has 0 heterocycles. The quantitative estimate of drug-likeness (QED) is 0.594. The summed E-state index contributed by atoms with van der Waals surface area (Å²) in [7, 11) is 0. The Morgan fingerprint density at radius 3 is 2.70 bits per heavy atom. The summed E-state index contributed by atoms with van der Waals surface area (Å²) in [5, 5.41) is 21.9. The normalized spacial score (nSPS) is 11.9. The Labute approximate surface area is 113 Å². The Balaban J connectivity index is 2.80. The lowest BCUT2D eigenvalue weighted by atomic mass is 10.1. The number of nitrogens with zero attached hydrogens (tertiary/aromatic N) is 1. The highest BCUT2D eigenvalue weighted by Crippen LogP contribution is 2.29. The molecule has 2 N–H and O–H groups in total. The van der Waals surface area contributed by atoms with Gasteiger partial charge in [0.25, 0.3) is 0 Å². The molecule has 20 heavy (non-hydrogen) atoms. The van der Waals surface area contributed by atoms with Crippen molar-refractivity contribution in [1.82, 2.24) is 0 Å². The van der Waals surface area contributed by atoms with E-state index in [1.165, 1.54) is 0 Å². The first-order valence-electron chi connectivity index (χ1n) is 5.93. The van der Waals surface area contributed by atoms with E-state index >= 15 is 0 Å². The minimum atomic E-state index is -1.25. The smallest absolute Gasteiger partial charge is 0.327 e. The number of hydrogen-bond donors (Lipinski definition) is 2. The third kappa shape index (κ3) is 4.45. The van der Waals surface area contributed by atoms with Crippen molar-refractivity contribution in [2.45, 2.75) is 32.2 Å². The maximum atomic E-state index is 13.4. The number of carboxylic acid groups (broad SMARTS) is 1. The molecule has 6 nitrogen and oxygen atoms in total. The first kappa shape index (κ1) is 15.8. The minimum absolute atomic E-state index is 0.0361. The second kappa shape index (κ2) is 6.78. The van der Waals surface area contributed by atoms with Crippen LogP contribution < -0.4 is 5.32 Å². The van der Waals surface area contributed by atoms with Crippen LogP contribution in [-0.4, -0.2) is 22.0 Å². The van der Waals surface area contributed by atoms with E-state index < -0.39 is 28.2 Å². The molecule has 8 heteroatoms. The standard InChI is InChI=1S/C12H14F2N2O4/c1-7(3-2-4-11(17)18)15-10-6-8(13)5-9(14)12(10)16(19)20/h5-7,15H,2-4H2,1H3,(H,17,18). The van der Waals surface area contributed by atoms with Gasteiger partial charge in [-0.15, -0.1) is 0 Å². The van der Waals surface area contributed by atoms with Crippen molar-refractivity contribution < 1.29 is 23.6 Å². The van der Waals surface area contributed by atoms with Crippen molar-refractivity contribution in [3.8, 4) is 0 Å². The number of carboxylic acids is 1. The van der Waals surface area contributed by atoms with Gasteiger partial charge in [-0.25, -0.2) is 4.39 Å². The number of nitro groups is 1. The van der Waals surface area contributed by atoms with Gasteiger partial charge in [-0.1, -0.05) is 0 Å². The Morgan fingerprint density at radius 1 is 1.50 bits per heavy atom. The van der Waals surface area contributed by atoms with E-state index in [2.05, 4.69) is 5.32 Å². The Kier molecular flexibility index (Phi) is 5.36. The largest absolute Gasteiger partial charge is 0.481 e. The maximum absolute atomic E-state index is 13.4. The van der Waals surface area contributed by atoms with Crippen LogP contribution in [0.4, 0.5) is 20.2 Å². The van der Waals surface area contributed by atoms with Crippen LogP contribution >= 0.6 is 0 Å². The molecule has 0 spiro atoms. The van der Waals surface area contributed by atoms with Crippen molar-refractivity contribution in [3.05, 3.63) is 33.9 Å². The molecule has 1 aromatic rings. The van der Waals surface area contributed by atoms with E-state index in [1.807, 2.05) is 0 Å². The van der Waals surface area contributed by atoms with Crippen molar-refractivity contribution in [1.29, 1.82) is 0 Å². The van der Waals surface area contributed by atoms with E-state index in [0.717, 1.165) is 6.07 Å². The molecular formula is C12H14F2N2O4. The van der Waals surface area contributed by atoms with Gasteiger partial charge < -0.3 is 10.4 Å². The van der Waals surface area contributed by atoms with Gasteiger partial charge in [0.05, 0.1) is 4.92 Å². The molecule has 110 valence electrons. The molecule has 0 bridgehead atoms. The molecule has 0 aliphatic rings. The predicted octanol–water partition coefficient (Wildman–Crippen LogP) is 2.93. The van der Waals surface area contributed by atoms with Gasteiger partial charge in [0, 0.05) is 24.6 Å². The highest BCUT2D eigenvalue weighted by molar-refractivity contribution is 5.66. The molecule has 0 amide bonds. The van der Waals surface area contributed by atoms with E-state index in [0.29, 0.717) is 18.9 Å². The maximum Gasteiger partial charge on any atom is 0.327 e. The molecule has 0 radical (unpaired) electrons. The first-order valence-corrected chi connectivity index (χ1v) is 5.93. The van der Waals surface area contributed by atoms with Crippen molar-refractivity contribution in [2.75, 3.05) is 5.32 Å². The fourth-order valence-electron chi connectivity index (χ4n) is 1.76. The van der Waals surface area contributed by atoms with E-state index in [9.17, 15) is 23.7 Å². The lowest BCUT2D eigenvalue weighted by molar-refractivity contribution is -0.386. The molecule has 1 unspecified atom stereocenters. The van der Waals surface area contributed by atoms with Gasteiger partial charge in [0.2, 0.25) is 5.82 Å². The third-order valence-electron chi connectivity index (χ3n) is 2.64. The zero-order valence-electron chi connectivity index (χ0n) is 10.7. The average molecular weight is 288 g/mol. The number of nitro benzene ring substituents is 1. The first-order chi connectivity index (χ1) is 9.31. The van der Waals surface area contributed by atoms with Gasteiger partial charge in [0.15, 0.2) is 0 Å². The zero-order chi connectivity index (χ0) is 15.3. The molecule has 0 aromatic heterocycles. The summed E-state index contributed by atoms with van der Waals surface area (Å²) in [5.74, 6) is -3.12. The lowest BCUT2D eigenvalue weighted by Gasteiger charge is -2.15. The number of hydrogen-bond acceptors (Lipinski definition) is 4. The van der Waals surface area contributed by atoms with Crippen LogP contribution in [0, 0.1) is 21.7 Å². The van der Waals surface area contributed by atoms with Gasteiger partial charge >= 0.3 is 11.7 Å². The minimum Gasteiger partial charge on any atom is -0.481 e. The van der Waals surface area contributed by atoms with Crippen LogP contribution in [0.5, 0.6) is 0 Å². The second-order valence-corrected chi connectivity index (χ2v) is 4.37. The van der Waals surface area contributed by atoms with Crippen LogP contribution in [-0.2, 0) is 4.79 Å². The molecule has 1 rings (SSSR count). The molecule has 0 fully saturated rings. The van der Waals surface area contributed by atoms with Crippen LogP contribution in [0.2, 0.25) is 0 Å². The molecule has 1 atom stereocenters. The summed E-state index contributed by atoms with van der Waals surface area (Å²) >= 11 is 0. The highest BCUT2D eigenvalue weighted by atomic mass is 19.1. The number of rotatable bonds is 7. The fraction of sp³-hybridized carbons (Fsp3) is 0.417. The number of nitrogens with one attached hydrogen (secondary N) is 1. The topological polar surface area (TPSA) is 92.5 Å². The third-order valence-corrected chi connectivity index (χ3v) is 2.64. The summed E-state index contributed by atoms with van der Waals surface area (Å²) in [4.78, 5) is 20.2. The van der Waals surface area contributed by atoms with E-state index in [4.69, 9.17) is 5.11 Å². The van der Waals surface area contributed by atoms with Gasteiger partial charge in [-0.05, 0) is 19.8 Å². The van der Waals surface area contributed by atoms with Gasteiger partial charge in [-0.2, -0.15) is 4.39 Å². The van der Waals surface area contributed by atoms with Crippen LogP contribution in [0.3, 0.4) is 0 Å². The van der Waals surface area contributed by atoms with Crippen LogP contribution in [0.1, 0.15) is 26.2 Å². The lowest BCUT2D eigenvalue weighted by Crippen LogP contribution is -2.17. The van der Waals surface area contributed by atoms with E-state index in [-0.39, 0.29) is 18.2 Å². The molecule has 1 aromatic carbocycles. The molecule has 0 saturated heterocycles. The summed E-state index contributed by atoms with van der Waals surface area (Å²) < 4.78 is 26.5. The Bertz CT molecular complexity index is 522. The highest BCUT2D eigenvalue weighted by Gasteiger charge is 2.22. The van der Waals surface area contributed by atoms with Crippen molar-refractivity contribution in [3.63, 3.8) is 0 Å². The number of carbonyl (C=O) groups is 1. The Morgan fingerprint density at radius 2 is 2.15 bits per heavy atom. The van der Waals surface area contributed by atoms with Crippen LogP contribution in [0.15, 0.2) is 12.1 Å². The SMILES string of the molecule is CC(CCCC(=O)O)Nc1cc(F)cc(F)c1[N+](=O)[O-]. The fourth-order valence-corrected chi connectivity index (χ4v) is 1.76. The van der Waals surface area contributed by atoms with Gasteiger partial charge in [0.1, 0.15) is 11.5 Å². The van der Waals surface area contributed by atoms with E-state index in [1.54, 1.807) is 6.92 Å². The average Bonchev–Trinajstić information content (AvgIpc) is 2.26. The summed E-state index contributed by atoms with van der Waals surface area (Å²) in [5.41, 5.74) is -1.08. The number of benzene rings is 1. The summed E-state index contributed by atoms with van der Waals surface area (Å²) in [6, 6.07) is 0.932. The molecular weight excluding hydrogens is 274 g/mol. The second-order valence-electron chi connectivity index (χ2n) is 4.37. The zero-order valence-corrected chi connectivity index (χ0v) is 10.7. The predicted molar refractivity (Wildman–Crippen MR) is 67.6 cm³/mol. The molecule has 0 aliphatic carbocycles. The number of halogens is 2. The Hall–Kier alpha value is -2.25. The monoisotopic (exact) mass is 288 g/mol. The summed E-state index contributed by atoms with van der Waals surface area (Å²) in [6.45, 7) is 1.65. The number of aliphatic carboxylic acids is 1. The summed E-state index contributed by atoms with van der Waals surface area (Å²) in [6.07, 6.45) is 0.725. The number of anilines is 1. The van der Waals surface area contributed by atoms with Crippen LogP contribution in [0.25, 0.3) is 0 Å². The van der Waals surface area contributed by atoms with Gasteiger partial charge in [-0.3, -0.25) is 14.9 Å². The molecule has 0 saturated carbocycles. The molecule has 0 aliphatic heterocycles. The van der Waals surface area contributed by atoms with Crippen molar-refractivity contribution >= 4 is 17.3 Å². The van der Waals surface area contributed by atoms with Crippen molar-refractivity contribution in [2.24, 2.45) is 0 Å².